The number of carbonyl (C=O) groups is 1. The van der Waals surface area contributed by atoms with Crippen LogP contribution in [-0.2, 0) is 9.53 Å². The van der Waals surface area contributed by atoms with Gasteiger partial charge in [0.15, 0.2) is 0 Å². The maximum absolute atomic E-state index is 10.9. The van der Waals surface area contributed by atoms with Crippen LogP contribution >= 0.6 is 11.6 Å². The molecule has 1 atom stereocenters. The maximum atomic E-state index is 10.9. The molecule has 0 fully saturated rings. The van der Waals surface area contributed by atoms with Crippen molar-refractivity contribution in [1.82, 2.24) is 5.48 Å². The van der Waals surface area contributed by atoms with Crippen LogP contribution in [0.25, 0.3) is 0 Å². The largest absolute Gasteiger partial charge is 0.377 e. The summed E-state index contributed by atoms with van der Waals surface area (Å²) in [7, 11) is 1.58. The van der Waals surface area contributed by atoms with E-state index in [1.165, 1.54) is 0 Å². The van der Waals surface area contributed by atoms with E-state index in [0.717, 1.165) is 5.56 Å². The topological polar surface area (TPSA) is 58.6 Å². The molecular weight excluding hydrogens is 230 g/mol. The molecule has 0 saturated carbocycles. The van der Waals surface area contributed by atoms with Crippen LogP contribution in [-0.4, -0.2) is 18.2 Å². The van der Waals surface area contributed by atoms with Gasteiger partial charge in [-0.2, -0.15) is 0 Å². The summed E-state index contributed by atoms with van der Waals surface area (Å²) >= 11 is 5.77. The lowest BCUT2D eigenvalue weighted by Gasteiger charge is -2.15. The van der Waals surface area contributed by atoms with Crippen molar-refractivity contribution in [3.63, 3.8) is 0 Å². The van der Waals surface area contributed by atoms with E-state index in [1.807, 2.05) is 12.1 Å². The molecule has 5 heteroatoms. The van der Waals surface area contributed by atoms with Gasteiger partial charge in [0.2, 0.25) is 5.91 Å². The van der Waals surface area contributed by atoms with Crippen molar-refractivity contribution in [1.29, 1.82) is 0 Å². The van der Waals surface area contributed by atoms with E-state index in [4.69, 9.17) is 21.5 Å². The highest BCUT2D eigenvalue weighted by Gasteiger charge is 2.12. The Kier molecular flexibility index (Phi) is 5.25. The fourth-order valence-electron chi connectivity index (χ4n) is 1.42. The second-order valence-electron chi connectivity index (χ2n) is 3.35. The van der Waals surface area contributed by atoms with Crippen molar-refractivity contribution in [2.45, 2.75) is 18.9 Å². The molecule has 0 bridgehead atoms. The normalized spacial score (nSPS) is 12.2. The van der Waals surface area contributed by atoms with E-state index in [-0.39, 0.29) is 12.5 Å². The Labute approximate surface area is 99.1 Å². The van der Waals surface area contributed by atoms with Crippen molar-refractivity contribution in [3.8, 4) is 0 Å². The molecule has 0 aliphatic carbocycles. The first-order chi connectivity index (χ1) is 7.67. The second-order valence-corrected chi connectivity index (χ2v) is 3.79. The summed E-state index contributed by atoms with van der Waals surface area (Å²) in [4.78, 5) is 10.9. The second kappa shape index (κ2) is 6.48. The third-order valence-corrected chi connectivity index (χ3v) is 2.54. The van der Waals surface area contributed by atoms with Gasteiger partial charge in [0, 0.05) is 18.6 Å². The molecule has 0 saturated heterocycles. The SMILES string of the molecule is COC(CCC(=O)NO)c1ccc(Cl)cc1. The fourth-order valence-corrected chi connectivity index (χ4v) is 1.54. The number of nitrogens with one attached hydrogen (secondary N) is 1. The van der Waals surface area contributed by atoms with Crippen molar-refractivity contribution >= 4 is 17.5 Å². The number of benzene rings is 1. The van der Waals surface area contributed by atoms with Gasteiger partial charge in [-0.15, -0.1) is 0 Å². The van der Waals surface area contributed by atoms with Gasteiger partial charge in [-0.25, -0.2) is 5.48 Å². The Balaban J connectivity index is 2.60. The molecule has 1 aromatic carbocycles. The molecule has 4 nitrogen and oxygen atoms in total. The van der Waals surface area contributed by atoms with Gasteiger partial charge in [-0.05, 0) is 24.1 Å². The van der Waals surface area contributed by atoms with E-state index in [1.54, 1.807) is 24.7 Å². The van der Waals surface area contributed by atoms with Crippen LogP contribution in [0.5, 0.6) is 0 Å². The lowest BCUT2D eigenvalue weighted by molar-refractivity contribution is -0.129. The first-order valence-electron chi connectivity index (χ1n) is 4.88. The Morgan fingerprint density at radius 2 is 2.12 bits per heavy atom. The van der Waals surface area contributed by atoms with Crippen LogP contribution in [0, 0.1) is 0 Å². The Hall–Kier alpha value is -1.10. The third-order valence-electron chi connectivity index (χ3n) is 2.28. The number of carbonyl (C=O) groups excluding carboxylic acids is 1. The number of ether oxygens (including phenoxy) is 1. The molecule has 0 heterocycles. The van der Waals surface area contributed by atoms with Crippen LogP contribution < -0.4 is 5.48 Å². The lowest BCUT2D eigenvalue weighted by Crippen LogP contribution is -2.19. The quantitative estimate of drug-likeness (QED) is 0.616. The van der Waals surface area contributed by atoms with Crippen LogP contribution in [0.4, 0.5) is 0 Å². The van der Waals surface area contributed by atoms with Crippen LogP contribution in [0.1, 0.15) is 24.5 Å². The number of hydrogen-bond donors (Lipinski definition) is 2. The first kappa shape index (κ1) is 13.0. The summed E-state index contributed by atoms with van der Waals surface area (Å²) in [5, 5.41) is 9.03. The van der Waals surface area contributed by atoms with Gasteiger partial charge in [0.05, 0.1) is 6.10 Å². The molecule has 88 valence electrons. The van der Waals surface area contributed by atoms with Crippen molar-refractivity contribution in [2.75, 3.05) is 7.11 Å². The van der Waals surface area contributed by atoms with Gasteiger partial charge in [0.25, 0.3) is 0 Å². The minimum absolute atomic E-state index is 0.172. The van der Waals surface area contributed by atoms with Gasteiger partial charge in [-0.1, -0.05) is 23.7 Å². The summed E-state index contributed by atoms with van der Waals surface area (Å²) < 4.78 is 5.27. The summed E-state index contributed by atoms with van der Waals surface area (Å²) in [6.07, 6.45) is 0.539. The van der Waals surface area contributed by atoms with Crippen molar-refractivity contribution < 1.29 is 14.7 Å². The standard InChI is InChI=1S/C11H14ClNO3/c1-16-10(6-7-11(14)13-15)8-2-4-9(12)5-3-8/h2-5,10,15H,6-7H2,1H3,(H,13,14). The number of methoxy groups -OCH3 is 1. The molecule has 1 rings (SSSR count). The smallest absolute Gasteiger partial charge is 0.243 e. The number of amides is 1. The number of hydrogen-bond acceptors (Lipinski definition) is 3. The molecule has 16 heavy (non-hydrogen) atoms. The molecule has 0 radical (unpaired) electrons. The van der Waals surface area contributed by atoms with Crippen molar-refractivity contribution in [2.24, 2.45) is 0 Å². The molecule has 1 aromatic rings. The lowest BCUT2D eigenvalue weighted by atomic mass is 10.0. The minimum Gasteiger partial charge on any atom is -0.377 e. The van der Waals surface area contributed by atoms with E-state index in [0.29, 0.717) is 11.4 Å². The van der Waals surface area contributed by atoms with Gasteiger partial charge >= 0.3 is 0 Å². The average molecular weight is 244 g/mol. The molecule has 0 aliphatic rings. The molecule has 0 spiro atoms. The molecular formula is C11H14ClNO3. The van der Waals surface area contributed by atoms with E-state index >= 15 is 0 Å². The van der Waals surface area contributed by atoms with Crippen molar-refractivity contribution in [3.05, 3.63) is 34.9 Å². The third kappa shape index (κ3) is 3.81. The van der Waals surface area contributed by atoms with Crippen LogP contribution in [0.3, 0.4) is 0 Å². The Bertz CT molecular complexity index is 340. The predicted octanol–water partition coefficient (Wildman–Crippen LogP) is 2.31. The molecule has 0 aromatic heterocycles. The molecule has 2 N–H and O–H groups in total. The highest BCUT2D eigenvalue weighted by atomic mass is 35.5. The molecule has 1 amide bonds. The summed E-state index contributed by atoms with van der Waals surface area (Å²) in [6, 6.07) is 7.25. The van der Waals surface area contributed by atoms with E-state index in [2.05, 4.69) is 0 Å². The first-order valence-corrected chi connectivity index (χ1v) is 5.26. The zero-order valence-corrected chi connectivity index (χ0v) is 9.70. The fraction of sp³-hybridized carbons (Fsp3) is 0.364. The molecule has 1 unspecified atom stereocenters. The van der Waals surface area contributed by atoms with Gasteiger partial charge in [0.1, 0.15) is 0 Å². The zero-order chi connectivity index (χ0) is 12.0. The summed E-state index contributed by atoms with van der Waals surface area (Å²) in [5.41, 5.74) is 2.55. The summed E-state index contributed by atoms with van der Waals surface area (Å²) in [5.74, 6) is -0.420. The van der Waals surface area contributed by atoms with E-state index < -0.39 is 5.91 Å². The highest BCUT2D eigenvalue weighted by Crippen LogP contribution is 2.23. The zero-order valence-electron chi connectivity index (χ0n) is 8.94. The maximum Gasteiger partial charge on any atom is 0.243 e. The molecule has 0 aliphatic heterocycles. The Morgan fingerprint density at radius 1 is 1.50 bits per heavy atom. The van der Waals surface area contributed by atoms with Gasteiger partial charge in [-0.3, -0.25) is 10.0 Å². The number of halogens is 1. The van der Waals surface area contributed by atoms with Gasteiger partial charge < -0.3 is 4.74 Å². The summed E-state index contributed by atoms with van der Waals surface area (Å²) in [6.45, 7) is 0. The Morgan fingerprint density at radius 3 is 2.62 bits per heavy atom. The number of hydroxylamine groups is 1. The van der Waals surface area contributed by atoms with Crippen LogP contribution in [0.15, 0.2) is 24.3 Å². The number of rotatable bonds is 5. The average Bonchev–Trinajstić information content (AvgIpc) is 2.31. The highest BCUT2D eigenvalue weighted by molar-refractivity contribution is 6.30. The predicted molar refractivity (Wildman–Crippen MR) is 60.4 cm³/mol. The minimum atomic E-state index is -0.420. The van der Waals surface area contributed by atoms with E-state index in [9.17, 15) is 4.79 Å². The van der Waals surface area contributed by atoms with Crippen LogP contribution in [0.2, 0.25) is 5.02 Å². The monoisotopic (exact) mass is 243 g/mol.